The molecule has 1 saturated heterocycles. The van der Waals surface area contributed by atoms with Gasteiger partial charge in [-0.05, 0) is 91.8 Å². The minimum atomic E-state index is -0.253. The summed E-state index contributed by atoms with van der Waals surface area (Å²) >= 11 is 0. The quantitative estimate of drug-likeness (QED) is 0.577. The molecule has 3 heteroatoms. The maximum absolute atomic E-state index is 11.6. The molecule has 5 rings (SSSR count). The minimum absolute atomic E-state index is 0.230. The third kappa shape index (κ3) is 2.71. The van der Waals surface area contributed by atoms with Gasteiger partial charge in [0.25, 0.3) is 0 Å². The Balaban J connectivity index is 1.39. The summed E-state index contributed by atoms with van der Waals surface area (Å²) in [4.78, 5) is 11.6. The molecule has 0 amide bonds. The van der Waals surface area contributed by atoms with Gasteiger partial charge in [0.05, 0.1) is 13.2 Å². The first-order chi connectivity index (χ1) is 13.4. The van der Waals surface area contributed by atoms with Crippen LogP contribution in [0.1, 0.15) is 85.0 Å². The molecule has 1 heterocycles. The molecule has 5 fully saturated rings. The molecule has 0 aromatic carbocycles. The maximum Gasteiger partial charge on any atom is 0.168 e. The van der Waals surface area contributed by atoms with Crippen molar-refractivity contribution in [3.63, 3.8) is 0 Å². The van der Waals surface area contributed by atoms with Crippen molar-refractivity contribution in [3.05, 3.63) is 0 Å². The Morgan fingerprint density at radius 1 is 0.821 bits per heavy atom. The number of hydrogen-bond donors (Lipinski definition) is 0. The molecule has 5 unspecified atom stereocenters. The molecular formula is C25H40O3. The molecular weight excluding hydrogens is 348 g/mol. The molecule has 4 aliphatic carbocycles. The summed E-state index contributed by atoms with van der Waals surface area (Å²) in [5, 5.41) is 0. The van der Waals surface area contributed by atoms with Crippen molar-refractivity contribution in [1.82, 2.24) is 0 Å². The van der Waals surface area contributed by atoms with Crippen LogP contribution >= 0.6 is 0 Å². The lowest BCUT2D eigenvalue weighted by molar-refractivity contribution is -0.167. The van der Waals surface area contributed by atoms with Crippen molar-refractivity contribution in [1.29, 1.82) is 0 Å². The van der Waals surface area contributed by atoms with Gasteiger partial charge in [-0.1, -0.05) is 20.8 Å². The highest BCUT2D eigenvalue weighted by Gasteiger charge is 2.61. The fourth-order valence-corrected chi connectivity index (χ4v) is 9.16. The monoisotopic (exact) mass is 388 g/mol. The normalized spacial score (nSPS) is 51.0. The Hall–Kier alpha value is -0.410. The van der Waals surface area contributed by atoms with E-state index in [0.29, 0.717) is 16.7 Å². The molecule has 28 heavy (non-hydrogen) atoms. The van der Waals surface area contributed by atoms with Crippen LogP contribution in [0.2, 0.25) is 0 Å². The second-order valence-corrected chi connectivity index (χ2v) is 11.5. The molecule has 4 saturated carbocycles. The predicted octanol–water partition coefficient (Wildman–Crippen LogP) is 5.61. The smallest absolute Gasteiger partial charge is 0.168 e. The van der Waals surface area contributed by atoms with E-state index in [4.69, 9.17) is 9.47 Å². The zero-order chi connectivity index (χ0) is 19.6. The average molecular weight is 389 g/mol. The second kappa shape index (κ2) is 6.80. The van der Waals surface area contributed by atoms with Crippen LogP contribution in [-0.2, 0) is 14.3 Å². The summed E-state index contributed by atoms with van der Waals surface area (Å²) in [6, 6.07) is 0. The third-order valence-electron chi connectivity index (χ3n) is 10.7. The van der Waals surface area contributed by atoms with Crippen LogP contribution in [0.4, 0.5) is 0 Å². The van der Waals surface area contributed by atoms with Gasteiger partial charge in [0.1, 0.15) is 6.29 Å². The molecule has 5 aliphatic rings. The molecule has 0 N–H and O–H groups in total. The number of fused-ring (bicyclic) bond motifs is 5. The first kappa shape index (κ1) is 19.5. The Bertz CT molecular complexity index is 611. The van der Waals surface area contributed by atoms with Gasteiger partial charge in [-0.15, -0.1) is 0 Å². The zero-order valence-corrected chi connectivity index (χ0v) is 18.3. The minimum Gasteiger partial charge on any atom is -0.348 e. The van der Waals surface area contributed by atoms with E-state index in [-0.39, 0.29) is 11.7 Å². The lowest BCUT2D eigenvalue weighted by atomic mass is 9.46. The number of rotatable bonds is 2. The molecule has 0 bridgehead atoms. The Morgan fingerprint density at radius 2 is 1.57 bits per heavy atom. The lowest BCUT2D eigenvalue weighted by Gasteiger charge is -2.59. The molecule has 8 atom stereocenters. The van der Waals surface area contributed by atoms with Gasteiger partial charge in [-0.25, -0.2) is 0 Å². The SMILES string of the molecule is CC(C=O)[C@H]1CCC2C3CCC4CCC5(CC[C@]4(C)C3CC[C@@]21C)OCCO5. The predicted molar refractivity (Wildman–Crippen MR) is 110 cm³/mol. The van der Waals surface area contributed by atoms with Gasteiger partial charge < -0.3 is 14.3 Å². The van der Waals surface area contributed by atoms with Crippen molar-refractivity contribution < 1.29 is 14.3 Å². The molecule has 3 nitrogen and oxygen atoms in total. The Morgan fingerprint density at radius 3 is 2.32 bits per heavy atom. The second-order valence-electron chi connectivity index (χ2n) is 11.5. The molecule has 0 radical (unpaired) electrons. The number of ether oxygens (including phenoxy) is 2. The van der Waals surface area contributed by atoms with Crippen LogP contribution in [0.3, 0.4) is 0 Å². The maximum atomic E-state index is 11.6. The van der Waals surface area contributed by atoms with E-state index in [9.17, 15) is 4.79 Å². The van der Waals surface area contributed by atoms with E-state index in [1.807, 2.05) is 0 Å². The number of carbonyl (C=O) groups excluding carboxylic acids is 1. The highest BCUT2D eigenvalue weighted by atomic mass is 16.7. The fraction of sp³-hybridized carbons (Fsp3) is 0.960. The summed E-state index contributed by atoms with van der Waals surface area (Å²) < 4.78 is 12.3. The number of aldehydes is 1. The van der Waals surface area contributed by atoms with Gasteiger partial charge in [0, 0.05) is 18.8 Å². The van der Waals surface area contributed by atoms with Gasteiger partial charge >= 0.3 is 0 Å². The fourth-order valence-electron chi connectivity index (χ4n) is 9.16. The highest BCUT2D eigenvalue weighted by Crippen LogP contribution is 2.68. The van der Waals surface area contributed by atoms with E-state index in [2.05, 4.69) is 20.8 Å². The van der Waals surface area contributed by atoms with Crippen molar-refractivity contribution >= 4 is 6.29 Å². The van der Waals surface area contributed by atoms with Crippen LogP contribution in [0.25, 0.3) is 0 Å². The highest BCUT2D eigenvalue weighted by molar-refractivity contribution is 5.53. The summed E-state index contributed by atoms with van der Waals surface area (Å²) in [5.41, 5.74) is 0.853. The standard InChI is InChI=1S/C25H40O3/c1-17(16-26)20-6-7-21-19-5-4-18-8-11-25(27-14-15-28-25)13-12-23(18,2)22(19)9-10-24(20,21)3/h16-22H,4-15H2,1-3H3/t17?,18?,19?,20-,21?,22?,23+,24-/m1/s1. The Labute approximate surface area is 171 Å². The molecule has 0 aromatic rings. The lowest BCUT2D eigenvalue weighted by Crippen LogP contribution is -2.52. The van der Waals surface area contributed by atoms with Crippen LogP contribution < -0.4 is 0 Å². The molecule has 158 valence electrons. The Kier molecular flexibility index (Phi) is 4.75. The van der Waals surface area contributed by atoms with Crippen LogP contribution in [0, 0.1) is 46.3 Å². The first-order valence-corrected chi connectivity index (χ1v) is 12.2. The van der Waals surface area contributed by atoms with E-state index < -0.39 is 0 Å². The van der Waals surface area contributed by atoms with E-state index >= 15 is 0 Å². The van der Waals surface area contributed by atoms with Crippen molar-refractivity contribution in [2.45, 2.75) is 90.8 Å². The van der Waals surface area contributed by atoms with Crippen LogP contribution in [0.15, 0.2) is 0 Å². The van der Waals surface area contributed by atoms with Crippen molar-refractivity contribution in [3.8, 4) is 0 Å². The topological polar surface area (TPSA) is 35.5 Å². The summed E-state index contributed by atoms with van der Waals surface area (Å²) in [6.45, 7) is 8.91. The zero-order valence-electron chi connectivity index (χ0n) is 18.3. The van der Waals surface area contributed by atoms with E-state index in [1.165, 1.54) is 57.7 Å². The molecule has 0 aromatic heterocycles. The third-order valence-corrected chi connectivity index (χ3v) is 10.7. The largest absolute Gasteiger partial charge is 0.348 e. The van der Waals surface area contributed by atoms with E-state index in [1.54, 1.807) is 0 Å². The van der Waals surface area contributed by atoms with Crippen LogP contribution in [0.5, 0.6) is 0 Å². The van der Waals surface area contributed by atoms with E-state index in [0.717, 1.165) is 49.7 Å². The first-order valence-electron chi connectivity index (χ1n) is 12.2. The van der Waals surface area contributed by atoms with Gasteiger partial charge in [0.15, 0.2) is 5.79 Å². The van der Waals surface area contributed by atoms with Gasteiger partial charge in [0.2, 0.25) is 0 Å². The average Bonchev–Trinajstić information content (AvgIpc) is 3.26. The molecule has 1 spiro atoms. The summed E-state index contributed by atoms with van der Waals surface area (Å²) in [7, 11) is 0. The van der Waals surface area contributed by atoms with Crippen molar-refractivity contribution in [2.75, 3.05) is 13.2 Å². The number of carbonyl (C=O) groups is 1. The van der Waals surface area contributed by atoms with Gasteiger partial charge in [-0.2, -0.15) is 0 Å². The van der Waals surface area contributed by atoms with Crippen LogP contribution in [-0.4, -0.2) is 25.3 Å². The van der Waals surface area contributed by atoms with Gasteiger partial charge in [-0.3, -0.25) is 0 Å². The summed E-state index contributed by atoms with van der Waals surface area (Å²) in [6.07, 6.45) is 14.1. The number of hydrogen-bond acceptors (Lipinski definition) is 3. The molecule has 1 aliphatic heterocycles. The van der Waals surface area contributed by atoms with Crippen molar-refractivity contribution in [2.24, 2.45) is 46.3 Å². The summed E-state index contributed by atoms with van der Waals surface area (Å²) in [5.74, 6) is 4.02.